The molecule has 2 heterocycles. The SMILES string of the molecule is O=c1c2snnc2c(Br)cn1-c1cccc(C(F)(F)F)c1. The molecular formula is C12H5BrF3N3OS. The topological polar surface area (TPSA) is 47.8 Å². The molecule has 0 unspecified atom stereocenters. The number of rotatable bonds is 1. The lowest BCUT2D eigenvalue weighted by Crippen LogP contribution is -2.18. The van der Waals surface area contributed by atoms with Gasteiger partial charge in [0.05, 0.1) is 10.0 Å². The smallest absolute Gasteiger partial charge is 0.282 e. The Morgan fingerprint density at radius 3 is 2.76 bits per heavy atom. The molecule has 21 heavy (non-hydrogen) atoms. The summed E-state index contributed by atoms with van der Waals surface area (Å²) in [4.78, 5) is 12.3. The summed E-state index contributed by atoms with van der Waals surface area (Å²) in [6.07, 6.45) is -3.07. The Morgan fingerprint density at radius 1 is 1.29 bits per heavy atom. The summed E-state index contributed by atoms with van der Waals surface area (Å²) in [7, 11) is 0. The lowest BCUT2D eigenvalue weighted by molar-refractivity contribution is -0.137. The number of fused-ring (bicyclic) bond motifs is 1. The van der Waals surface area contributed by atoms with Crippen LogP contribution in [-0.4, -0.2) is 14.2 Å². The molecular weight excluding hydrogens is 371 g/mol. The molecule has 0 aliphatic carbocycles. The molecule has 0 saturated heterocycles. The summed E-state index contributed by atoms with van der Waals surface area (Å²) in [5, 5.41) is 3.80. The summed E-state index contributed by atoms with van der Waals surface area (Å²) in [5.74, 6) is 0. The number of nitrogens with zero attached hydrogens (tertiary/aromatic N) is 3. The average molecular weight is 376 g/mol. The Morgan fingerprint density at radius 2 is 2.05 bits per heavy atom. The van der Waals surface area contributed by atoms with Gasteiger partial charge in [-0.15, -0.1) is 5.10 Å². The van der Waals surface area contributed by atoms with Crippen LogP contribution in [0.15, 0.2) is 39.7 Å². The molecule has 108 valence electrons. The molecule has 9 heteroatoms. The van der Waals surface area contributed by atoms with Crippen LogP contribution in [0.5, 0.6) is 0 Å². The van der Waals surface area contributed by atoms with E-state index in [-0.39, 0.29) is 10.4 Å². The molecule has 0 aliphatic rings. The Kier molecular flexibility index (Phi) is 3.33. The highest BCUT2D eigenvalue weighted by Gasteiger charge is 2.30. The van der Waals surface area contributed by atoms with E-state index in [0.29, 0.717) is 9.99 Å². The van der Waals surface area contributed by atoms with E-state index < -0.39 is 17.3 Å². The number of pyridine rings is 1. The van der Waals surface area contributed by atoms with Crippen molar-refractivity contribution in [1.29, 1.82) is 0 Å². The third-order valence-corrected chi connectivity index (χ3v) is 4.12. The lowest BCUT2D eigenvalue weighted by atomic mass is 10.2. The van der Waals surface area contributed by atoms with Crippen LogP contribution < -0.4 is 5.56 Å². The minimum Gasteiger partial charge on any atom is -0.282 e. The van der Waals surface area contributed by atoms with Crippen molar-refractivity contribution in [3.8, 4) is 5.69 Å². The second-order valence-electron chi connectivity index (χ2n) is 4.15. The monoisotopic (exact) mass is 375 g/mol. The van der Waals surface area contributed by atoms with Gasteiger partial charge < -0.3 is 0 Å². The van der Waals surface area contributed by atoms with Crippen LogP contribution in [0.3, 0.4) is 0 Å². The highest BCUT2D eigenvalue weighted by Crippen LogP contribution is 2.30. The van der Waals surface area contributed by atoms with Crippen molar-refractivity contribution < 1.29 is 13.2 Å². The average Bonchev–Trinajstić information content (AvgIpc) is 2.92. The van der Waals surface area contributed by atoms with E-state index >= 15 is 0 Å². The van der Waals surface area contributed by atoms with Gasteiger partial charge in [-0.2, -0.15) is 13.2 Å². The molecule has 3 aromatic rings. The highest BCUT2D eigenvalue weighted by atomic mass is 79.9. The Hall–Kier alpha value is -1.74. The number of hydrogen-bond donors (Lipinski definition) is 0. The molecule has 0 amide bonds. The van der Waals surface area contributed by atoms with E-state index in [2.05, 4.69) is 25.5 Å². The number of halogens is 4. The maximum absolute atomic E-state index is 12.8. The van der Waals surface area contributed by atoms with E-state index in [1.54, 1.807) is 0 Å². The van der Waals surface area contributed by atoms with Crippen LogP contribution in [0, 0.1) is 0 Å². The third-order valence-electron chi connectivity index (χ3n) is 2.82. The second kappa shape index (κ2) is 4.92. The van der Waals surface area contributed by atoms with Gasteiger partial charge in [-0.3, -0.25) is 9.36 Å². The molecule has 4 nitrogen and oxygen atoms in total. The first-order valence-electron chi connectivity index (χ1n) is 5.59. The van der Waals surface area contributed by atoms with Gasteiger partial charge in [-0.1, -0.05) is 10.6 Å². The van der Waals surface area contributed by atoms with Gasteiger partial charge >= 0.3 is 6.18 Å². The molecule has 0 spiro atoms. The molecule has 0 saturated carbocycles. The zero-order valence-electron chi connectivity index (χ0n) is 10.1. The fourth-order valence-electron chi connectivity index (χ4n) is 1.85. The van der Waals surface area contributed by atoms with E-state index in [0.717, 1.165) is 28.2 Å². The first-order valence-corrected chi connectivity index (χ1v) is 7.15. The van der Waals surface area contributed by atoms with Crippen molar-refractivity contribution in [1.82, 2.24) is 14.2 Å². The summed E-state index contributed by atoms with van der Waals surface area (Å²) < 4.78 is 43.8. The van der Waals surface area contributed by atoms with Crippen LogP contribution >= 0.6 is 27.5 Å². The molecule has 0 N–H and O–H groups in total. The Bertz CT molecular complexity index is 887. The van der Waals surface area contributed by atoms with Crippen molar-refractivity contribution in [2.75, 3.05) is 0 Å². The lowest BCUT2D eigenvalue weighted by Gasteiger charge is -2.10. The van der Waals surface area contributed by atoms with Gasteiger partial charge in [-0.05, 0) is 45.7 Å². The summed E-state index contributed by atoms with van der Waals surface area (Å²) in [6, 6.07) is 4.57. The third kappa shape index (κ3) is 2.46. The van der Waals surface area contributed by atoms with Gasteiger partial charge in [0.2, 0.25) is 0 Å². The predicted octanol–water partition coefficient (Wildman–Crippen LogP) is 3.62. The first kappa shape index (κ1) is 14.2. The quantitative estimate of drug-likeness (QED) is 0.652. The first-order chi connectivity index (χ1) is 9.88. The fraction of sp³-hybridized carbons (Fsp3) is 0.0833. The van der Waals surface area contributed by atoms with Gasteiger partial charge in [0, 0.05) is 11.9 Å². The zero-order chi connectivity index (χ0) is 15.2. The molecule has 3 rings (SSSR count). The molecule has 0 atom stereocenters. The maximum Gasteiger partial charge on any atom is 0.416 e. The molecule has 2 aromatic heterocycles. The molecule has 0 aliphatic heterocycles. The normalized spacial score (nSPS) is 12.0. The maximum atomic E-state index is 12.8. The van der Waals surface area contributed by atoms with E-state index in [1.165, 1.54) is 18.3 Å². The van der Waals surface area contributed by atoms with Crippen molar-refractivity contribution in [3.63, 3.8) is 0 Å². The summed E-state index contributed by atoms with van der Waals surface area (Å²) >= 11 is 4.14. The van der Waals surface area contributed by atoms with Gasteiger partial charge in [0.15, 0.2) is 0 Å². The van der Waals surface area contributed by atoms with Gasteiger partial charge in [0.25, 0.3) is 5.56 Å². The number of hydrogen-bond acceptors (Lipinski definition) is 4. The minimum atomic E-state index is -4.47. The standard InChI is InChI=1S/C12H5BrF3N3OS/c13-8-5-19(11(20)10-9(8)17-18-21-10)7-3-1-2-6(4-7)12(14,15)16/h1-5H. The molecule has 0 fully saturated rings. The largest absolute Gasteiger partial charge is 0.416 e. The molecule has 0 bridgehead atoms. The fourth-order valence-corrected chi connectivity index (χ4v) is 3.08. The molecule has 1 aromatic carbocycles. The van der Waals surface area contributed by atoms with Crippen LogP contribution in [0.1, 0.15) is 5.56 Å². The van der Waals surface area contributed by atoms with Crippen LogP contribution in [-0.2, 0) is 6.18 Å². The van der Waals surface area contributed by atoms with Crippen LogP contribution in [0.4, 0.5) is 13.2 Å². The van der Waals surface area contributed by atoms with Crippen molar-refractivity contribution >= 4 is 37.7 Å². The Labute approximate surface area is 128 Å². The van der Waals surface area contributed by atoms with Crippen LogP contribution in [0.2, 0.25) is 0 Å². The van der Waals surface area contributed by atoms with Crippen molar-refractivity contribution in [3.05, 3.63) is 50.9 Å². The van der Waals surface area contributed by atoms with Gasteiger partial charge in [-0.25, -0.2) is 0 Å². The van der Waals surface area contributed by atoms with Crippen molar-refractivity contribution in [2.24, 2.45) is 0 Å². The zero-order valence-corrected chi connectivity index (χ0v) is 12.5. The van der Waals surface area contributed by atoms with E-state index in [1.807, 2.05) is 0 Å². The van der Waals surface area contributed by atoms with E-state index in [9.17, 15) is 18.0 Å². The summed E-state index contributed by atoms with van der Waals surface area (Å²) in [5.41, 5.74) is -0.743. The number of benzene rings is 1. The number of aromatic nitrogens is 3. The van der Waals surface area contributed by atoms with Crippen molar-refractivity contribution in [2.45, 2.75) is 6.18 Å². The van der Waals surface area contributed by atoms with Gasteiger partial charge in [0.1, 0.15) is 10.2 Å². The molecule has 0 radical (unpaired) electrons. The summed E-state index contributed by atoms with van der Waals surface area (Å²) in [6.45, 7) is 0. The van der Waals surface area contributed by atoms with Crippen LogP contribution in [0.25, 0.3) is 15.9 Å². The number of alkyl halides is 3. The second-order valence-corrected chi connectivity index (χ2v) is 5.76. The minimum absolute atomic E-state index is 0.130. The highest BCUT2D eigenvalue weighted by molar-refractivity contribution is 9.10. The van der Waals surface area contributed by atoms with E-state index in [4.69, 9.17) is 0 Å². The predicted molar refractivity (Wildman–Crippen MR) is 75.7 cm³/mol. The Balaban J connectivity index is 2.26.